The number of methoxy groups -OCH3 is 1. The van der Waals surface area contributed by atoms with Gasteiger partial charge in [0.05, 0.1) is 12.7 Å². The van der Waals surface area contributed by atoms with E-state index in [9.17, 15) is 4.79 Å². The third kappa shape index (κ3) is 2.96. The van der Waals surface area contributed by atoms with E-state index in [1.165, 1.54) is 7.11 Å². The number of benzene rings is 2. The fourth-order valence-electron chi connectivity index (χ4n) is 1.94. The maximum Gasteiger partial charge on any atom is 0.196 e. The van der Waals surface area contributed by atoms with Crippen LogP contribution < -0.4 is 4.74 Å². The van der Waals surface area contributed by atoms with Crippen molar-refractivity contribution in [2.24, 2.45) is 0 Å². The molecule has 0 unspecified atom stereocenters. The summed E-state index contributed by atoms with van der Waals surface area (Å²) < 4.78 is 5.22. The fourth-order valence-corrected chi connectivity index (χ4v) is 2.10. The van der Waals surface area contributed by atoms with Crippen molar-refractivity contribution in [1.82, 2.24) is 0 Å². The summed E-state index contributed by atoms with van der Waals surface area (Å²) in [6, 6.07) is 12.7. The molecule has 0 aliphatic heterocycles. The van der Waals surface area contributed by atoms with Crippen LogP contribution in [0.1, 0.15) is 28.4 Å². The number of carbonyl (C=O) groups excluding carboxylic acids is 1. The van der Waals surface area contributed by atoms with E-state index in [-0.39, 0.29) is 5.78 Å². The summed E-state index contributed by atoms with van der Waals surface area (Å²) in [5.41, 5.74) is 2.33. The van der Waals surface area contributed by atoms with E-state index in [1.54, 1.807) is 18.2 Å². The Balaban J connectivity index is 2.43. The molecule has 0 radical (unpaired) electrons. The van der Waals surface area contributed by atoms with Crippen LogP contribution in [-0.4, -0.2) is 12.9 Å². The van der Waals surface area contributed by atoms with Gasteiger partial charge in [-0.2, -0.15) is 0 Å². The van der Waals surface area contributed by atoms with Gasteiger partial charge in [-0.05, 0) is 36.2 Å². The van der Waals surface area contributed by atoms with Gasteiger partial charge in [-0.1, -0.05) is 36.7 Å². The molecule has 2 nitrogen and oxygen atoms in total. The molecule has 2 aromatic rings. The second-order valence-corrected chi connectivity index (χ2v) is 4.66. The average molecular weight is 275 g/mol. The van der Waals surface area contributed by atoms with Crippen LogP contribution >= 0.6 is 11.6 Å². The van der Waals surface area contributed by atoms with E-state index in [4.69, 9.17) is 16.3 Å². The van der Waals surface area contributed by atoms with E-state index in [1.807, 2.05) is 24.3 Å². The molecule has 0 aliphatic rings. The Kier molecular flexibility index (Phi) is 4.23. The predicted molar refractivity (Wildman–Crippen MR) is 77.3 cm³/mol. The zero-order valence-corrected chi connectivity index (χ0v) is 11.7. The number of halogens is 1. The lowest BCUT2D eigenvalue weighted by atomic mass is 10.00. The molecule has 0 spiro atoms. The third-order valence-corrected chi connectivity index (χ3v) is 3.24. The molecule has 0 saturated carbocycles. The number of ketones is 1. The Bertz CT molecular complexity index is 605. The lowest BCUT2D eigenvalue weighted by Gasteiger charge is -2.08. The van der Waals surface area contributed by atoms with Crippen molar-refractivity contribution in [3.63, 3.8) is 0 Å². The van der Waals surface area contributed by atoms with Crippen LogP contribution in [0.5, 0.6) is 5.75 Å². The minimum atomic E-state index is -0.0520. The van der Waals surface area contributed by atoms with Gasteiger partial charge in [0.2, 0.25) is 0 Å². The predicted octanol–water partition coefficient (Wildman–Crippen LogP) is 4.14. The molecule has 2 aromatic carbocycles. The van der Waals surface area contributed by atoms with Crippen molar-refractivity contribution in [3.8, 4) is 5.75 Å². The first-order valence-corrected chi connectivity index (χ1v) is 6.50. The molecule has 3 heteroatoms. The van der Waals surface area contributed by atoms with E-state index < -0.39 is 0 Å². The highest BCUT2D eigenvalue weighted by atomic mass is 35.5. The molecule has 0 bridgehead atoms. The molecule has 0 heterocycles. The molecule has 0 amide bonds. The summed E-state index contributed by atoms with van der Waals surface area (Å²) in [5, 5.41) is 0.552. The summed E-state index contributed by atoms with van der Waals surface area (Å²) in [4.78, 5) is 12.5. The lowest BCUT2D eigenvalue weighted by molar-refractivity contribution is 0.103. The first kappa shape index (κ1) is 13.6. The summed E-state index contributed by atoms with van der Waals surface area (Å²) >= 11 is 5.90. The molecule has 98 valence electrons. The van der Waals surface area contributed by atoms with Crippen LogP contribution in [0.3, 0.4) is 0 Å². The molecular weight excluding hydrogens is 260 g/mol. The number of hydrogen-bond donors (Lipinski definition) is 0. The van der Waals surface area contributed by atoms with Gasteiger partial charge in [0.25, 0.3) is 0 Å². The molecule has 0 atom stereocenters. The molecular formula is C16H15ClO2. The van der Waals surface area contributed by atoms with Gasteiger partial charge in [0.1, 0.15) is 5.75 Å². The van der Waals surface area contributed by atoms with E-state index in [0.717, 1.165) is 12.0 Å². The van der Waals surface area contributed by atoms with Crippen molar-refractivity contribution >= 4 is 17.4 Å². The molecule has 0 aliphatic carbocycles. The van der Waals surface area contributed by atoms with Gasteiger partial charge in [0.15, 0.2) is 5.78 Å². The number of carbonyl (C=O) groups is 1. The van der Waals surface area contributed by atoms with E-state index >= 15 is 0 Å². The average Bonchev–Trinajstić information content (AvgIpc) is 2.46. The van der Waals surface area contributed by atoms with Crippen molar-refractivity contribution in [2.45, 2.75) is 13.3 Å². The molecule has 2 rings (SSSR count). The van der Waals surface area contributed by atoms with Gasteiger partial charge in [-0.25, -0.2) is 0 Å². The molecule has 0 fully saturated rings. The van der Waals surface area contributed by atoms with Crippen molar-refractivity contribution in [3.05, 3.63) is 64.2 Å². The molecule has 0 aromatic heterocycles. The van der Waals surface area contributed by atoms with E-state index in [2.05, 4.69) is 6.92 Å². The van der Waals surface area contributed by atoms with Crippen molar-refractivity contribution in [1.29, 1.82) is 0 Å². The molecule has 19 heavy (non-hydrogen) atoms. The summed E-state index contributed by atoms with van der Waals surface area (Å²) in [6.45, 7) is 2.06. The first-order valence-electron chi connectivity index (χ1n) is 6.13. The minimum Gasteiger partial charge on any atom is -0.496 e. The summed E-state index contributed by atoms with van der Waals surface area (Å²) in [5.74, 6) is 0.447. The highest BCUT2D eigenvalue weighted by molar-refractivity contribution is 6.31. The van der Waals surface area contributed by atoms with Crippen LogP contribution in [0.25, 0.3) is 0 Å². The maximum absolute atomic E-state index is 12.5. The van der Waals surface area contributed by atoms with Gasteiger partial charge in [-0.3, -0.25) is 4.79 Å². The quantitative estimate of drug-likeness (QED) is 0.783. The highest BCUT2D eigenvalue weighted by Crippen LogP contribution is 2.25. The Labute approximate surface area is 118 Å². The zero-order chi connectivity index (χ0) is 13.8. The number of aryl methyl sites for hydroxylation is 1. The van der Waals surface area contributed by atoms with Crippen molar-refractivity contribution in [2.75, 3.05) is 7.11 Å². The highest BCUT2D eigenvalue weighted by Gasteiger charge is 2.14. The Morgan fingerprint density at radius 3 is 2.68 bits per heavy atom. The molecule has 0 N–H and O–H groups in total. The van der Waals surface area contributed by atoms with Gasteiger partial charge >= 0.3 is 0 Å². The maximum atomic E-state index is 12.5. The topological polar surface area (TPSA) is 26.3 Å². The summed E-state index contributed by atoms with van der Waals surface area (Å²) in [6.07, 6.45) is 0.902. The van der Waals surface area contributed by atoms with Gasteiger partial charge < -0.3 is 4.74 Å². The van der Waals surface area contributed by atoms with Crippen LogP contribution in [0.4, 0.5) is 0 Å². The van der Waals surface area contributed by atoms with Crippen molar-refractivity contribution < 1.29 is 9.53 Å². The largest absolute Gasteiger partial charge is 0.496 e. The Morgan fingerprint density at radius 2 is 2.00 bits per heavy atom. The van der Waals surface area contributed by atoms with E-state index in [0.29, 0.717) is 21.9 Å². The zero-order valence-electron chi connectivity index (χ0n) is 10.9. The standard InChI is InChI=1S/C16H15ClO2/c1-3-11-5-4-6-12(9-11)16(18)14-8-7-13(17)10-15(14)19-2/h4-10H,3H2,1-2H3. The SMILES string of the molecule is CCc1cccc(C(=O)c2ccc(Cl)cc2OC)c1. The lowest BCUT2D eigenvalue weighted by Crippen LogP contribution is -2.04. The second kappa shape index (κ2) is 5.89. The fraction of sp³-hybridized carbons (Fsp3) is 0.188. The molecule has 0 saturated heterocycles. The number of hydrogen-bond acceptors (Lipinski definition) is 2. The smallest absolute Gasteiger partial charge is 0.196 e. The minimum absolute atomic E-state index is 0.0520. The monoisotopic (exact) mass is 274 g/mol. The number of rotatable bonds is 4. The summed E-state index contributed by atoms with van der Waals surface area (Å²) in [7, 11) is 1.53. The van der Waals surface area contributed by atoms with Gasteiger partial charge in [0, 0.05) is 10.6 Å². The normalized spacial score (nSPS) is 10.3. The Hall–Kier alpha value is -1.80. The first-order chi connectivity index (χ1) is 9.15. The Morgan fingerprint density at radius 1 is 1.21 bits per heavy atom. The van der Waals surface area contributed by atoms with Crippen LogP contribution in [0.15, 0.2) is 42.5 Å². The van der Waals surface area contributed by atoms with Gasteiger partial charge in [-0.15, -0.1) is 0 Å². The second-order valence-electron chi connectivity index (χ2n) is 4.23. The van der Waals surface area contributed by atoms with Crippen LogP contribution in [0.2, 0.25) is 5.02 Å². The number of ether oxygens (including phenoxy) is 1. The van der Waals surface area contributed by atoms with Crippen LogP contribution in [-0.2, 0) is 6.42 Å². The van der Waals surface area contributed by atoms with Crippen LogP contribution in [0, 0.1) is 0 Å². The third-order valence-electron chi connectivity index (χ3n) is 3.01.